The Morgan fingerprint density at radius 1 is 1.08 bits per heavy atom. The van der Waals surface area contributed by atoms with Gasteiger partial charge in [0.05, 0.1) is 5.52 Å². The van der Waals surface area contributed by atoms with Gasteiger partial charge < -0.3 is 4.90 Å². The number of aryl methyl sites for hydroxylation is 1. The van der Waals surface area contributed by atoms with Crippen LogP contribution in [0.2, 0.25) is 0 Å². The number of nitriles is 1. The molecule has 0 aromatic carbocycles. The highest BCUT2D eigenvalue weighted by Gasteiger charge is 2.38. The number of halogens is 3. The van der Waals surface area contributed by atoms with Crippen molar-refractivity contribution in [2.24, 2.45) is 7.05 Å². The van der Waals surface area contributed by atoms with Crippen molar-refractivity contribution in [3.63, 3.8) is 0 Å². The largest absolute Gasteiger partial charge is 0.433 e. The zero-order chi connectivity index (χ0) is 26.9. The van der Waals surface area contributed by atoms with Crippen LogP contribution in [0.1, 0.15) is 63.0 Å². The number of fused-ring (bicyclic) bond motifs is 1. The van der Waals surface area contributed by atoms with Gasteiger partial charge in [-0.25, -0.2) is 9.78 Å². The first-order valence-corrected chi connectivity index (χ1v) is 12.5. The standard InChI is InChI=1S/C26H30F3N7O/c1-5-18-15-36(24-23-21(34(4)25(37)33-24)10-9-17(12-30)32-23)19(6-2)14-35(18)20(7-3)16-8-11-22(31-13-16)26(27,28)29/h8-11,13,18-20H,5-7,14-15H2,1-4H3/t18-,19+,20?/m1/s1. The Bertz CT molecular complexity index is 1360. The molecule has 3 aromatic heterocycles. The molecule has 3 aromatic rings. The molecule has 1 saturated heterocycles. The Labute approximate surface area is 213 Å². The molecule has 0 amide bonds. The molecule has 1 aliphatic rings. The topological polar surface area (TPSA) is 90.9 Å². The molecule has 0 aliphatic carbocycles. The maximum absolute atomic E-state index is 13.1. The summed E-state index contributed by atoms with van der Waals surface area (Å²) in [4.78, 5) is 29.7. The number of aromatic nitrogens is 4. The van der Waals surface area contributed by atoms with Crippen LogP contribution in [0.5, 0.6) is 0 Å². The second-order valence-electron chi connectivity index (χ2n) is 9.32. The van der Waals surface area contributed by atoms with Crippen LogP contribution >= 0.6 is 0 Å². The van der Waals surface area contributed by atoms with Gasteiger partial charge >= 0.3 is 11.9 Å². The second-order valence-corrected chi connectivity index (χ2v) is 9.32. The number of hydrogen-bond donors (Lipinski definition) is 0. The van der Waals surface area contributed by atoms with E-state index in [1.165, 1.54) is 16.8 Å². The molecule has 0 radical (unpaired) electrons. The van der Waals surface area contributed by atoms with Crippen LogP contribution in [-0.4, -0.2) is 49.6 Å². The molecular weight excluding hydrogens is 483 g/mol. The van der Waals surface area contributed by atoms with Gasteiger partial charge in [0.25, 0.3) is 0 Å². The third-order valence-corrected chi connectivity index (χ3v) is 7.25. The van der Waals surface area contributed by atoms with Crippen LogP contribution in [0.25, 0.3) is 11.0 Å². The van der Waals surface area contributed by atoms with Crippen LogP contribution in [0, 0.1) is 11.3 Å². The molecule has 3 atom stereocenters. The average molecular weight is 514 g/mol. The molecule has 37 heavy (non-hydrogen) atoms. The van der Waals surface area contributed by atoms with Gasteiger partial charge in [-0.3, -0.25) is 14.5 Å². The fourth-order valence-corrected chi connectivity index (χ4v) is 5.23. The van der Waals surface area contributed by atoms with E-state index >= 15 is 0 Å². The first-order chi connectivity index (χ1) is 17.6. The van der Waals surface area contributed by atoms with Crippen molar-refractivity contribution in [2.45, 2.75) is 64.3 Å². The number of pyridine rings is 2. The molecule has 4 heterocycles. The van der Waals surface area contributed by atoms with E-state index in [0.717, 1.165) is 24.5 Å². The van der Waals surface area contributed by atoms with E-state index in [1.54, 1.807) is 19.2 Å². The second kappa shape index (κ2) is 10.5. The minimum Gasteiger partial charge on any atom is -0.349 e. The quantitative estimate of drug-likeness (QED) is 0.481. The van der Waals surface area contributed by atoms with E-state index in [2.05, 4.69) is 44.7 Å². The summed E-state index contributed by atoms with van der Waals surface area (Å²) in [5.74, 6) is 0.462. The van der Waals surface area contributed by atoms with Gasteiger partial charge in [0.2, 0.25) is 0 Å². The van der Waals surface area contributed by atoms with Gasteiger partial charge in [0.15, 0.2) is 5.82 Å². The maximum atomic E-state index is 13.1. The van der Waals surface area contributed by atoms with Crippen molar-refractivity contribution in [3.8, 4) is 6.07 Å². The van der Waals surface area contributed by atoms with Crippen molar-refractivity contribution in [3.05, 3.63) is 57.9 Å². The van der Waals surface area contributed by atoms with E-state index in [4.69, 9.17) is 0 Å². The summed E-state index contributed by atoms with van der Waals surface area (Å²) in [5, 5.41) is 9.40. The Kier molecular flexibility index (Phi) is 7.50. The number of alkyl halides is 3. The average Bonchev–Trinajstić information content (AvgIpc) is 2.90. The number of nitrogens with zero attached hydrogens (tertiary/aromatic N) is 7. The highest BCUT2D eigenvalue weighted by Crippen LogP contribution is 2.35. The van der Waals surface area contributed by atoms with Crippen LogP contribution in [0.4, 0.5) is 19.0 Å². The predicted octanol–water partition coefficient (Wildman–Crippen LogP) is 4.44. The third kappa shape index (κ3) is 5.03. The third-order valence-electron chi connectivity index (χ3n) is 7.25. The highest BCUT2D eigenvalue weighted by atomic mass is 19.4. The van der Waals surface area contributed by atoms with Gasteiger partial charge in [-0.05, 0) is 43.0 Å². The molecule has 1 unspecified atom stereocenters. The van der Waals surface area contributed by atoms with E-state index in [-0.39, 0.29) is 23.8 Å². The van der Waals surface area contributed by atoms with E-state index < -0.39 is 17.6 Å². The molecule has 8 nitrogen and oxygen atoms in total. The summed E-state index contributed by atoms with van der Waals surface area (Å²) in [5.41, 5.74) is 0.788. The molecule has 196 valence electrons. The summed E-state index contributed by atoms with van der Waals surface area (Å²) in [6.07, 6.45) is -0.893. The number of hydrogen-bond acceptors (Lipinski definition) is 7. The van der Waals surface area contributed by atoms with Gasteiger partial charge in [-0.1, -0.05) is 26.8 Å². The summed E-state index contributed by atoms with van der Waals surface area (Å²) in [6.45, 7) is 7.34. The first kappa shape index (κ1) is 26.5. The van der Waals surface area contributed by atoms with E-state index in [0.29, 0.717) is 36.4 Å². The molecule has 4 rings (SSSR count). The first-order valence-electron chi connectivity index (χ1n) is 12.5. The lowest BCUT2D eigenvalue weighted by molar-refractivity contribution is -0.141. The normalized spacial score (nSPS) is 19.7. The molecular formula is C26H30F3N7O. The number of piperazine rings is 1. The van der Waals surface area contributed by atoms with Gasteiger partial charge in [0.1, 0.15) is 23.0 Å². The lowest BCUT2D eigenvalue weighted by Gasteiger charge is -2.49. The van der Waals surface area contributed by atoms with Crippen LogP contribution < -0.4 is 10.6 Å². The van der Waals surface area contributed by atoms with Crippen LogP contribution in [0.15, 0.2) is 35.3 Å². The van der Waals surface area contributed by atoms with Crippen molar-refractivity contribution in [1.82, 2.24) is 24.4 Å². The number of anilines is 1. The SMILES string of the molecule is CCC(c1ccc(C(F)(F)F)nc1)N1C[C@H](CC)N(c2nc(=O)n(C)c3ccc(C#N)nc23)C[C@H]1CC. The summed E-state index contributed by atoms with van der Waals surface area (Å²) < 4.78 is 40.6. The Morgan fingerprint density at radius 3 is 2.38 bits per heavy atom. The molecule has 1 fully saturated rings. The Balaban J connectivity index is 1.73. The van der Waals surface area contributed by atoms with Crippen molar-refractivity contribution >= 4 is 16.9 Å². The van der Waals surface area contributed by atoms with Gasteiger partial charge in [-0.15, -0.1) is 0 Å². The maximum Gasteiger partial charge on any atom is 0.433 e. The minimum atomic E-state index is -4.48. The Hall–Kier alpha value is -3.52. The molecule has 0 N–H and O–H groups in total. The predicted molar refractivity (Wildman–Crippen MR) is 134 cm³/mol. The van der Waals surface area contributed by atoms with E-state index in [1.807, 2.05) is 6.92 Å². The lowest BCUT2D eigenvalue weighted by atomic mass is 9.95. The van der Waals surface area contributed by atoms with Crippen LogP contribution in [-0.2, 0) is 13.2 Å². The zero-order valence-electron chi connectivity index (χ0n) is 21.3. The monoisotopic (exact) mass is 513 g/mol. The fourth-order valence-electron chi connectivity index (χ4n) is 5.23. The highest BCUT2D eigenvalue weighted by molar-refractivity contribution is 5.86. The molecule has 0 saturated carbocycles. The van der Waals surface area contributed by atoms with E-state index in [9.17, 15) is 23.2 Å². The zero-order valence-corrected chi connectivity index (χ0v) is 21.3. The van der Waals surface area contributed by atoms with Crippen molar-refractivity contribution in [2.75, 3.05) is 18.0 Å². The smallest absolute Gasteiger partial charge is 0.349 e. The van der Waals surface area contributed by atoms with Crippen molar-refractivity contribution < 1.29 is 13.2 Å². The van der Waals surface area contributed by atoms with Gasteiger partial charge in [-0.2, -0.15) is 23.4 Å². The van der Waals surface area contributed by atoms with Crippen LogP contribution in [0.3, 0.4) is 0 Å². The lowest BCUT2D eigenvalue weighted by Crippen LogP contribution is -2.59. The summed E-state index contributed by atoms with van der Waals surface area (Å²) in [7, 11) is 1.63. The molecule has 0 spiro atoms. The summed E-state index contributed by atoms with van der Waals surface area (Å²) in [6, 6.07) is 7.85. The molecule has 1 aliphatic heterocycles. The van der Waals surface area contributed by atoms with Crippen molar-refractivity contribution in [1.29, 1.82) is 5.26 Å². The summed E-state index contributed by atoms with van der Waals surface area (Å²) >= 11 is 0. The Morgan fingerprint density at radius 2 is 1.81 bits per heavy atom. The molecule has 0 bridgehead atoms. The minimum absolute atomic E-state index is 0.0189. The van der Waals surface area contributed by atoms with Gasteiger partial charge in [0, 0.05) is 44.5 Å². The fraction of sp³-hybridized carbons (Fsp3) is 0.500. The number of rotatable bonds is 6. The molecule has 11 heteroatoms.